The number of carbonyl (C=O) groups is 3. The fraction of sp³-hybridized carbons (Fsp3) is 0.550. The van der Waals surface area contributed by atoms with Gasteiger partial charge in [0, 0.05) is 35.9 Å². The zero-order valence-electron chi connectivity index (χ0n) is 15.7. The quantitative estimate of drug-likeness (QED) is 0.689. The maximum Gasteiger partial charge on any atom is 0.253 e. The van der Waals surface area contributed by atoms with E-state index in [9.17, 15) is 14.4 Å². The van der Waals surface area contributed by atoms with Crippen LogP contribution in [-0.2, 0) is 9.59 Å². The summed E-state index contributed by atoms with van der Waals surface area (Å²) < 4.78 is 0.690. The molecular formula is C20H26BrN3O3. The standard InChI is InChI=1S/C20H26BrN3O3/c1-12(2)18(23-19(26)15-5-3-4-6-16(15)21)20(27)22-10-13-9-17(25)24(11-13)14-7-8-14/h3-6,12-14,18H,7-11H2,1-2H3,(H,22,27)(H,23,26)/t13-,18-/m0/s1. The number of halogens is 1. The van der Waals surface area contributed by atoms with E-state index in [4.69, 9.17) is 0 Å². The van der Waals surface area contributed by atoms with Crippen molar-refractivity contribution < 1.29 is 14.4 Å². The lowest BCUT2D eigenvalue weighted by Gasteiger charge is -2.23. The molecule has 1 heterocycles. The Hall–Kier alpha value is -1.89. The van der Waals surface area contributed by atoms with Crippen LogP contribution in [0.2, 0.25) is 0 Å². The molecule has 0 aromatic heterocycles. The van der Waals surface area contributed by atoms with E-state index >= 15 is 0 Å². The topological polar surface area (TPSA) is 78.5 Å². The van der Waals surface area contributed by atoms with Gasteiger partial charge < -0.3 is 15.5 Å². The number of likely N-dealkylation sites (tertiary alicyclic amines) is 1. The van der Waals surface area contributed by atoms with Gasteiger partial charge in [-0.05, 0) is 46.8 Å². The van der Waals surface area contributed by atoms with Gasteiger partial charge in [0.1, 0.15) is 6.04 Å². The first-order chi connectivity index (χ1) is 12.9. The van der Waals surface area contributed by atoms with E-state index in [0.29, 0.717) is 29.0 Å². The summed E-state index contributed by atoms with van der Waals surface area (Å²) in [5.41, 5.74) is 0.498. The normalized spacial score (nSPS) is 20.7. The van der Waals surface area contributed by atoms with Crippen molar-refractivity contribution in [3.8, 4) is 0 Å². The van der Waals surface area contributed by atoms with Gasteiger partial charge in [0.2, 0.25) is 11.8 Å². The lowest BCUT2D eigenvalue weighted by Crippen LogP contribution is -2.50. The van der Waals surface area contributed by atoms with Crippen molar-refractivity contribution in [3.63, 3.8) is 0 Å². The highest BCUT2D eigenvalue weighted by Gasteiger charge is 2.39. The number of nitrogens with one attached hydrogen (secondary N) is 2. The van der Waals surface area contributed by atoms with Crippen molar-refractivity contribution in [2.75, 3.05) is 13.1 Å². The Bertz CT molecular complexity index is 733. The van der Waals surface area contributed by atoms with Crippen molar-refractivity contribution in [2.45, 2.75) is 45.2 Å². The Morgan fingerprint density at radius 3 is 2.59 bits per heavy atom. The fourth-order valence-corrected chi connectivity index (χ4v) is 3.90. The van der Waals surface area contributed by atoms with E-state index in [1.54, 1.807) is 18.2 Å². The molecule has 1 aromatic rings. The van der Waals surface area contributed by atoms with Crippen LogP contribution in [-0.4, -0.2) is 47.8 Å². The Balaban J connectivity index is 1.55. The van der Waals surface area contributed by atoms with Crippen LogP contribution in [0.5, 0.6) is 0 Å². The van der Waals surface area contributed by atoms with Gasteiger partial charge in [-0.1, -0.05) is 26.0 Å². The molecule has 0 bridgehead atoms. The predicted molar refractivity (Wildman–Crippen MR) is 106 cm³/mol. The average Bonchev–Trinajstić information content (AvgIpc) is 3.40. The highest BCUT2D eigenvalue weighted by Crippen LogP contribution is 2.32. The van der Waals surface area contributed by atoms with Gasteiger partial charge in [0.05, 0.1) is 5.56 Å². The van der Waals surface area contributed by atoms with Gasteiger partial charge >= 0.3 is 0 Å². The van der Waals surface area contributed by atoms with Gasteiger partial charge in [0.25, 0.3) is 5.91 Å². The third-order valence-corrected chi connectivity index (χ3v) is 5.84. The fourth-order valence-electron chi connectivity index (χ4n) is 3.44. The second-order valence-corrected chi connectivity index (χ2v) is 8.62. The van der Waals surface area contributed by atoms with Crippen LogP contribution in [0.1, 0.15) is 43.5 Å². The maximum absolute atomic E-state index is 12.7. The average molecular weight is 436 g/mol. The first-order valence-electron chi connectivity index (χ1n) is 9.49. The summed E-state index contributed by atoms with van der Waals surface area (Å²) in [6, 6.07) is 6.92. The summed E-state index contributed by atoms with van der Waals surface area (Å²) in [7, 11) is 0. The van der Waals surface area contributed by atoms with Crippen LogP contribution >= 0.6 is 15.9 Å². The maximum atomic E-state index is 12.7. The van der Waals surface area contributed by atoms with E-state index in [1.807, 2.05) is 24.8 Å². The third kappa shape index (κ3) is 4.89. The SMILES string of the molecule is CC(C)[C@H](NC(=O)c1ccccc1Br)C(=O)NC[C@@H]1CC(=O)N(C2CC2)C1. The monoisotopic (exact) mass is 435 g/mol. The molecule has 1 aliphatic carbocycles. The molecule has 7 heteroatoms. The zero-order chi connectivity index (χ0) is 19.6. The number of hydrogen-bond donors (Lipinski definition) is 2. The summed E-state index contributed by atoms with van der Waals surface area (Å²) in [6.45, 7) is 4.98. The van der Waals surface area contributed by atoms with Crippen LogP contribution in [0.15, 0.2) is 28.7 Å². The molecule has 1 saturated heterocycles. The Labute approximate surface area is 168 Å². The molecule has 0 unspecified atom stereocenters. The highest BCUT2D eigenvalue weighted by atomic mass is 79.9. The van der Waals surface area contributed by atoms with E-state index in [1.165, 1.54) is 0 Å². The molecule has 2 N–H and O–H groups in total. The highest BCUT2D eigenvalue weighted by molar-refractivity contribution is 9.10. The van der Waals surface area contributed by atoms with Crippen LogP contribution in [0.25, 0.3) is 0 Å². The molecular weight excluding hydrogens is 410 g/mol. The second-order valence-electron chi connectivity index (χ2n) is 7.77. The molecule has 146 valence electrons. The minimum absolute atomic E-state index is 0.0513. The molecule has 0 spiro atoms. The van der Waals surface area contributed by atoms with Crippen molar-refractivity contribution >= 4 is 33.7 Å². The van der Waals surface area contributed by atoms with Crippen molar-refractivity contribution in [3.05, 3.63) is 34.3 Å². The minimum atomic E-state index is -0.624. The van der Waals surface area contributed by atoms with Crippen molar-refractivity contribution in [2.24, 2.45) is 11.8 Å². The van der Waals surface area contributed by atoms with Gasteiger partial charge in [0.15, 0.2) is 0 Å². The summed E-state index contributed by atoms with van der Waals surface area (Å²) >= 11 is 3.37. The van der Waals surface area contributed by atoms with Gasteiger partial charge in [-0.2, -0.15) is 0 Å². The van der Waals surface area contributed by atoms with Crippen LogP contribution in [0, 0.1) is 11.8 Å². The Morgan fingerprint density at radius 2 is 1.96 bits per heavy atom. The number of rotatable bonds is 7. The molecule has 1 saturated carbocycles. The smallest absolute Gasteiger partial charge is 0.253 e. The molecule has 6 nitrogen and oxygen atoms in total. The van der Waals surface area contributed by atoms with Crippen LogP contribution in [0.3, 0.4) is 0 Å². The first kappa shape index (κ1) is 19.9. The summed E-state index contributed by atoms with van der Waals surface area (Å²) in [6.07, 6.45) is 2.69. The lowest BCUT2D eigenvalue weighted by molar-refractivity contribution is -0.128. The van der Waals surface area contributed by atoms with E-state index < -0.39 is 6.04 Å². The second kappa shape index (κ2) is 8.42. The van der Waals surface area contributed by atoms with E-state index in [2.05, 4.69) is 26.6 Å². The number of nitrogens with zero attached hydrogens (tertiary/aromatic N) is 1. The van der Waals surface area contributed by atoms with E-state index in [-0.39, 0.29) is 29.6 Å². The van der Waals surface area contributed by atoms with E-state index in [0.717, 1.165) is 19.4 Å². The number of amides is 3. The molecule has 27 heavy (non-hydrogen) atoms. The van der Waals surface area contributed by atoms with Gasteiger partial charge in [-0.15, -0.1) is 0 Å². The number of carbonyl (C=O) groups excluding carboxylic acids is 3. The van der Waals surface area contributed by atoms with Crippen LogP contribution < -0.4 is 10.6 Å². The lowest BCUT2D eigenvalue weighted by atomic mass is 10.0. The van der Waals surface area contributed by atoms with Gasteiger partial charge in [-0.3, -0.25) is 14.4 Å². The summed E-state index contributed by atoms with van der Waals surface area (Å²) in [4.78, 5) is 39.2. The Morgan fingerprint density at radius 1 is 1.26 bits per heavy atom. The number of hydrogen-bond acceptors (Lipinski definition) is 3. The third-order valence-electron chi connectivity index (χ3n) is 5.15. The molecule has 3 rings (SSSR count). The molecule has 2 atom stereocenters. The van der Waals surface area contributed by atoms with Crippen LogP contribution in [0.4, 0.5) is 0 Å². The predicted octanol–water partition coefficient (Wildman–Crippen LogP) is 2.33. The number of benzene rings is 1. The Kier molecular flexibility index (Phi) is 6.19. The molecule has 0 radical (unpaired) electrons. The largest absolute Gasteiger partial charge is 0.354 e. The molecule has 2 fully saturated rings. The minimum Gasteiger partial charge on any atom is -0.354 e. The summed E-state index contributed by atoms with van der Waals surface area (Å²) in [5, 5.41) is 5.77. The van der Waals surface area contributed by atoms with Gasteiger partial charge in [-0.25, -0.2) is 0 Å². The molecule has 1 aliphatic heterocycles. The summed E-state index contributed by atoms with van der Waals surface area (Å²) in [5.74, 6) is -0.201. The van der Waals surface area contributed by atoms with Crippen molar-refractivity contribution in [1.29, 1.82) is 0 Å². The molecule has 1 aromatic carbocycles. The first-order valence-corrected chi connectivity index (χ1v) is 10.3. The van der Waals surface area contributed by atoms with Crippen molar-refractivity contribution in [1.82, 2.24) is 15.5 Å². The molecule has 3 amide bonds. The molecule has 2 aliphatic rings. The zero-order valence-corrected chi connectivity index (χ0v) is 17.3.